The molecule has 1 N–H and O–H groups in total. The molecule has 0 saturated carbocycles. The third kappa shape index (κ3) is 4.12. The van der Waals surface area contributed by atoms with Crippen molar-refractivity contribution in [3.05, 3.63) is 53.7 Å². The average Bonchev–Trinajstić information content (AvgIpc) is 2.78. The van der Waals surface area contributed by atoms with E-state index in [1.165, 1.54) is 20.4 Å². The zero-order valence-corrected chi connectivity index (χ0v) is 17.1. The second-order valence-electron chi connectivity index (χ2n) is 6.19. The van der Waals surface area contributed by atoms with E-state index in [-0.39, 0.29) is 12.2 Å². The van der Waals surface area contributed by atoms with Crippen molar-refractivity contribution in [1.29, 1.82) is 0 Å². The molecule has 8 nitrogen and oxygen atoms in total. The lowest BCUT2D eigenvalue weighted by atomic mass is 10.1. The second-order valence-corrected chi connectivity index (χ2v) is 6.19. The third-order valence-corrected chi connectivity index (χ3v) is 4.44. The standard InChI is InChI=1S/C22H22N2O6/c1-5-30-22(26)16-12-23-17-8-6-13(21(25)29-4)10-15(17)20(16)24-14-7-9-18(27-2)19(11-14)28-3/h6-12H,5H2,1-4H3,(H,23,24). The summed E-state index contributed by atoms with van der Waals surface area (Å²) in [4.78, 5) is 28.9. The lowest BCUT2D eigenvalue weighted by Crippen LogP contribution is -2.10. The summed E-state index contributed by atoms with van der Waals surface area (Å²) in [7, 11) is 4.40. The number of methoxy groups -OCH3 is 3. The van der Waals surface area contributed by atoms with Crippen molar-refractivity contribution in [1.82, 2.24) is 4.98 Å². The number of hydrogen-bond acceptors (Lipinski definition) is 8. The molecule has 3 rings (SSSR count). The third-order valence-electron chi connectivity index (χ3n) is 4.44. The fraction of sp³-hybridized carbons (Fsp3) is 0.227. The first-order valence-electron chi connectivity index (χ1n) is 9.19. The fourth-order valence-electron chi connectivity index (χ4n) is 2.99. The van der Waals surface area contributed by atoms with E-state index in [1.54, 1.807) is 50.4 Å². The Morgan fingerprint density at radius 3 is 2.40 bits per heavy atom. The van der Waals surface area contributed by atoms with E-state index in [0.717, 1.165) is 0 Å². The second kappa shape index (κ2) is 9.13. The molecule has 3 aromatic rings. The summed E-state index contributed by atoms with van der Waals surface area (Å²) in [6.07, 6.45) is 1.45. The van der Waals surface area contributed by atoms with Gasteiger partial charge in [-0.2, -0.15) is 0 Å². The molecule has 0 bridgehead atoms. The van der Waals surface area contributed by atoms with E-state index in [0.29, 0.717) is 39.3 Å². The molecule has 0 atom stereocenters. The number of rotatable bonds is 7. The summed E-state index contributed by atoms with van der Waals surface area (Å²) >= 11 is 0. The molecule has 1 heterocycles. The molecule has 0 fully saturated rings. The van der Waals surface area contributed by atoms with Gasteiger partial charge in [-0.15, -0.1) is 0 Å². The molecule has 0 unspecified atom stereocenters. The van der Waals surface area contributed by atoms with Gasteiger partial charge in [0.15, 0.2) is 11.5 Å². The Morgan fingerprint density at radius 2 is 1.73 bits per heavy atom. The monoisotopic (exact) mass is 410 g/mol. The van der Waals surface area contributed by atoms with E-state index in [2.05, 4.69) is 10.3 Å². The van der Waals surface area contributed by atoms with Crippen molar-refractivity contribution in [2.24, 2.45) is 0 Å². The highest BCUT2D eigenvalue weighted by molar-refractivity contribution is 6.07. The van der Waals surface area contributed by atoms with Gasteiger partial charge in [0.2, 0.25) is 0 Å². The number of fused-ring (bicyclic) bond motifs is 1. The smallest absolute Gasteiger partial charge is 0.341 e. The van der Waals surface area contributed by atoms with Crippen molar-refractivity contribution < 1.29 is 28.5 Å². The van der Waals surface area contributed by atoms with Crippen LogP contribution in [0.2, 0.25) is 0 Å². The van der Waals surface area contributed by atoms with Gasteiger partial charge in [0.1, 0.15) is 5.56 Å². The SMILES string of the molecule is CCOC(=O)c1cnc2ccc(C(=O)OC)cc2c1Nc1ccc(OC)c(OC)c1. The van der Waals surface area contributed by atoms with Crippen LogP contribution in [-0.4, -0.2) is 44.9 Å². The van der Waals surface area contributed by atoms with E-state index in [9.17, 15) is 9.59 Å². The minimum atomic E-state index is -0.529. The summed E-state index contributed by atoms with van der Waals surface area (Å²) in [5.74, 6) is 0.0730. The lowest BCUT2D eigenvalue weighted by Gasteiger charge is -2.16. The van der Waals surface area contributed by atoms with Crippen LogP contribution in [0.1, 0.15) is 27.6 Å². The lowest BCUT2D eigenvalue weighted by molar-refractivity contribution is 0.0526. The number of ether oxygens (including phenoxy) is 4. The van der Waals surface area contributed by atoms with Crippen LogP contribution in [0.15, 0.2) is 42.6 Å². The molecule has 0 spiro atoms. The molecule has 0 aliphatic carbocycles. The summed E-state index contributed by atoms with van der Waals surface area (Å²) < 4.78 is 20.6. The Bertz CT molecular complexity index is 1100. The normalized spacial score (nSPS) is 10.4. The van der Waals surface area contributed by atoms with Crippen LogP contribution in [0, 0.1) is 0 Å². The zero-order valence-electron chi connectivity index (χ0n) is 17.1. The minimum Gasteiger partial charge on any atom is -0.493 e. The molecular formula is C22H22N2O6. The van der Waals surface area contributed by atoms with Gasteiger partial charge in [0.05, 0.1) is 44.7 Å². The summed E-state index contributed by atoms with van der Waals surface area (Å²) in [5, 5.41) is 3.80. The van der Waals surface area contributed by atoms with E-state index in [4.69, 9.17) is 18.9 Å². The first-order valence-corrected chi connectivity index (χ1v) is 9.19. The van der Waals surface area contributed by atoms with Crippen molar-refractivity contribution in [3.63, 3.8) is 0 Å². The van der Waals surface area contributed by atoms with Crippen LogP contribution >= 0.6 is 0 Å². The van der Waals surface area contributed by atoms with E-state index in [1.807, 2.05) is 0 Å². The van der Waals surface area contributed by atoms with Crippen LogP contribution in [0.3, 0.4) is 0 Å². The fourth-order valence-corrected chi connectivity index (χ4v) is 2.99. The first kappa shape index (κ1) is 20.9. The van der Waals surface area contributed by atoms with Gasteiger partial charge in [-0.05, 0) is 37.3 Å². The van der Waals surface area contributed by atoms with E-state index < -0.39 is 11.9 Å². The highest BCUT2D eigenvalue weighted by atomic mass is 16.5. The molecule has 0 aliphatic heterocycles. The molecule has 156 valence electrons. The van der Waals surface area contributed by atoms with Crippen LogP contribution in [0.4, 0.5) is 11.4 Å². The first-order chi connectivity index (χ1) is 14.5. The highest BCUT2D eigenvalue weighted by Gasteiger charge is 2.19. The predicted molar refractivity (Wildman–Crippen MR) is 112 cm³/mol. The number of carbonyl (C=O) groups is 2. The maximum Gasteiger partial charge on any atom is 0.341 e. The molecule has 8 heteroatoms. The van der Waals surface area contributed by atoms with E-state index >= 15 is 0 Å². The van der Waals surface area contributed by atoms with Gasteiger partial charge in [0.25, 0.3) is 0 Å². The van der Waals surface area contributed by atoms with Crippen LogP contribution in [0.25, 0.3) is 10.9 Å². The molecule has 0 amide bonds. The Balaban J connectivity index is 2.18. The van der Waals surface area contributed by atoms with Gasteiger partial charge in [0, 0.05) is 23.3 Å². The van der Waals surface area contributed by atoms with Gasteiger partial charge in [-0.1, -0.05) is 0 Å². The van der Waals surface area contributed by atoms with Gasteiger partial charge in [-0.3, -0.25) is 4.98 Å². The number of pyridine rings is 1. The number of nitrogens with one attached hydrogen (secondary N) is 1. The maximum absolute atomic E-state index is 12.6. The Morgan fingerprint density at radius 1 is 0.967 bits per heavy atom. The van der Waals surface area contributed by atoms with Crippen LogP contribution in [0.5, 0.6) is 11.5 Å². The molecular weight excluding hydrogens is 388 g/mol. The van der Waals surface area contributed by atoms with Crippen molar-refractivity contribution in [2.75, 3.05) is 33.3 Å². The van der Waals surface area contributed by atoms with Gasteiger partial charge < -0.3 is 24.3 Å². The number of esters is 2. The number of nitrogens with zero attached hydrogens (tertiary/aromatic N) is 1. The summed E-state index contributed by atoms with van der Waals surface area (Å²) in [6, 6.07) is 10.2. The quantitative estimate of drug-likeness (QED) is 0.585. The largest absolute Gasteiger partial charge is 0.493 e. The summed E-state index contributed by atoms with van der Waals surface area (Å²) in [6.45, 7) is 1.94. The highest BCUT2D eigenvalue weighted by Crippen LogP contribution is 2.34. The molecule has 0 aliphatic rings. The van der Waals surface area contributed by atoms with Crippen LogP contribution in [-0.2, 0) is 9.47 Å². The maximum atomic E-state index is 12.6. The molecule has 0 saturated heterocycles. The predicted octanol–water partition coefficient (Wildman–Crippen LogP) is 3.96. The Kier molecular flexibility index (Phi) is 6.36. The number of carbonyl (C=O) groups excluding carboxylic acids is 2. The van der Waals surface area contributed by atoms with Crippen LogP contribution < -0.4 is 14.8 Å². The van der Waals surface area contributed by atoms with Crippen molar-refractivity contribution >= 4 is 34.2 Å². The average molecular weight is 410 g/mol. The number of anilines is 2. The van der Waals surface area contributed by atoms with Gasteiger partial charge >= 0.3 is 11.9 Å². The summed E-state index contributed by atoms with van der Waals surface area (Å²) in [5.41, 5.74) is 2.27. The minimum absolute atomic E-state index is 0.217. The Hall–Kier alpha value is -3.81. The number of benzene rings is 2. The number of aromatic nitrogens is 1. The molecule has 0 radical (unpaired) electrons. The Labute approximate surface area is 173 Å². The molecule has 1 aromatic heterocycles. The molecule has 2 aromatic carbocycles. The zero-order chi connectivity index (χ0) is 21.7. The van der Waals surface area contributed by atoms with Crippen molar-refractivity contribution in [3.8, 4) is 11.5 Å². The topological polar surface area (TPSA) is 96.0 Å². The van der Waals surface area contributed by atoms with Gasteiger partial charge in [-0.25, -0.2) is 9.59 Å². The number of hydrogen-bond donors (Lipinski definition) is 1. The van der Waals surface area contributed by atoms with Crippen molar-refractivity contribution in [2.45, 2.75) is 6.92 Å². The molecule has 30 heavy (non-hydrogen) atoms.